The summed E-state index contributed by atoms with van der Waals surface area (Å²) in [5.41, 5.74) is -1.45. The third kappa shape index (κ3) is 1.60. The van der Waals surface area contributed by atoms with E-state index in [-0.39, 0.29) is 34.7 Å². The van der Waals surface area contributed by atoms with Gasteiger partial charge in [0, 0.05) is 10.8 Å². The number of allylic oxidation sites excluding steroid dienone is 2. The summed E-state index contributed by atoms with van der Waals surface area (Å²) in [4.78, 5) is 24.3. The average Bonchev–Trinajstić information content (AvgIpc) is 3.27. The maximum absolute atomic E-state index is 12.4. The minimum atomic E-state index is -1.46. The van der Waals surface area contributed by atoms with Gasteiger partial charge in [-0.3, -0.25) is 9.59 Å². The van der Waals surface area contributed by atoms with Crippen LogP contribution >= 0.6 is 0 Å². The molecule has 1 aliphatic heterocycles. The van der Waals surface area contributed by atoms with Crippen LogP contribution in [0.25, 0.3) is 0 Å². The highest BCUT2D eigenvalue weighted by Gasteiger charge is 2.81. The van der Waals surface area contributed by atoms with Gasteiger partial charge in [0.25, 0.3) is 0 Å². The van der Waals surface area contributed by atoms with Crippen molar-refractivity contribution in [3.63, 3.8) is 0 Å². The average molecular weight is 358 g/mol. The van der Waals surface area contributed by atoms with Gasteiger partial charge < -0.3 is 14.9 Å². The fourth-order valence-electron chi connectivity index (χ4n) is 7.24. The Bertz CT molecular complexity index is 783. The second-order valence-corrected chi connectivity index (χ2v) is 9.36. The summed E-state index contributed by atoms with van der Waals surface area (Å²) in [5, 5.41) is 20.6. The molecule has 3 saturated carbocycles. The highest BCUT2D eigenvalue weighted by molar-refractivity contribution is 6.01. The van der Waals surface area contributed by atoms with E-state index in [2.05, 4.69) is 6.92 Å². The lowest BCUT2D eigenvalue weighted by Gasteiger charge is -2.55. The zero-order valence-corrected chi connectivity index (χ0v) is 15.3. The molecule has 0 radical (unpaired) electrons. The highest BCUT2D eigenvalue weighted by atomic mass is 16.6. The Morgan fingerprint density at radius 1 is 1.31 bits per heavy atom. The molecule has 0 aromatic rings. The number of rotatable bonds is 2. The van der Waals surface area contributed by atoms with E-state index >= 15 is 0 Å². The molecular weight excluding hydrogens is 332 g/mol. The molecule has 0 aromatic heterocycles. The topological polar surface area (TPSA) is 87.1 Å². The lowest BCUT2D eigenvalue weighted by Crippen LogP contribution is -2.61. The fraction of sp³-hybridized carbons (Fsp3) is 0.714. The largest absolute Gasteiger partial charge is 0.388 e. The summed E-state index contributed by atoms with van der Waals surface area (Å²) < 4.78 is 6.40. The molecule has 2 N–H and O–H groups in total. The van der Waals surface area contributed by atoms with Crippen LogP contribution in [0.5, 0.6) is 0 Å². The van der Waals surface area contributed by atoms with Gasteiger partial charge in [-0.15, -0.1) is 0 Å². The number of ether oxygens (including phenoxy) is 1. The first-order valence-electron chi connectivity index (χ1n) is 9.71. The van der Waals surface area contributed by atoms with E-state index in [0.29, 0.717) is 12.8 Å². The minimum Gasteiger partial charge on any atom is -0.388 e. The number of aliphatic hydroxyl groups is 2. The van der Waals surface area contributed by atoms with E-state index in [1.165, 1.54) is 0 Å². The van der Waals surface area contributed by atoms with Crippen molar-refractivity contribution in [2.45, 2.75) is 63.3 Å². The number of fused-ring (bicyclic) bond motifs is 3. The minimum absolute atomic E-state index is 0.0172. The predicted octanol–water partition coefficient (Wildman–Crippen LogP) is 1.72. The first-order chi connectivity index (χ1) is 12.2. The van der Waals surface area contributed by atoms with Crippen molar-refractivity contribution < 1.29 is 24.5 Å². The van der Waals surface area contributed by atoms with Gasteiger partial charge in [-0.1, -0.05) is 18.6 Å². The van der Waals surface area contributed by atoms with E-state index in [1.807, 2.05) is 13.0 Å². The molecule has 0 amide bonds. The number of epoxide rings is 1. The monoisotopic (exact) mass is 358 g/mol. The van der Waals surface area contributed by atoms with Gasteiger partial charge in [-0.25, -0.2) is 0 Å². The van der Waals surface area contributed by atoms with Crippen molar-refractivity contribution in [2.24, 2.45) is 22.7 Å². The number of Topliss-reactive ketones (excluding diaryl/α,β-unsaturated/α-hetero) is 1. The van der Waals surface area contributed by atoms with Crippen LogP contribution < -0.4 is 0 Å². The molecule has 1 spiro atoms. The zero-order valence-electron chi connectivity index (χ0n) is 15.3. The SMILES string of the molecule is C[C@]12C=CC(=O)C=C1CC[C@H]1[C@H]3CC[C@](O)(C(=O)CO)[C@@]3(C)CC3O[C@@]312. The molecule has 7 atom stereocenters. The van der Waals surface area contributed by atoms with Gasteiger partial charge in [-0.2, -0.15) is 0 Å². The first kappa shape index (κ1) is 16.8. The van der Waals surface area contributed by atoms with Crippen molar-refractivity contribution in [2.75, 3.05) is 6.61 Å². The van der Waals surface area contributed by atoms with Gasteiger partial charge in [-0.05, 0) is 63.0 Å². The van der Waals surface area contributed by atoms with Crippen LogP contribution in [0.3, 0.4) is 0 Å². The summed E-state index contributed by atoms with van der Waals surface area (Å²) in [5.74, 6) is 0.0355. The molecule has 5 aliphatic rings. The van der Waals surface area contributed by atoms with Gasteiger partial charge >= 0.3 is 0 Å². The molecule has 5 rings (SSSR count). The Morgan fingerprint density at radius 3 is 2.81 bits per heavy atom. The fourth-order valence-corrected chi connectivity index (χ4v) is 7.24. The molecule has 0 bridgehead atoms. The molecule has 26 heavy (non-hydrogen) atoms. The molecular formula is C21H26O5. The van der Waals surface area contributed by atoms with Crippen LogP contribution in [0, 0.1) is 22.7 Å². The molecule has 1 heterocycles. The second kappa shape index (κ2) is 4.75. The smallest absolute Gasteiger partial charge is 0.190 e. The van der Waals surface area contributed by atoms with Crippen LogP contribution in [0.15, 0.2) is 23.8 Å². The van der Waals surface area contributed by atoms with E-state index in [1.54, 1.807) is 12.2 Å². The normalized spacial score (nSPS) is 53.9. The van der Waals surface area contributed by atoms with Gasteiger partial charge in [0.05, 0.1) is 6.10 Å². The molecule has 5 heteroatoms. The van der Waals surface area contributed by atoms with Gasteiger partial charge in [0.2, 0.25) is 0 Å². The van der Waals surface area contributed by atoms with Gasteiger partial charge in [0.15, 0.2) is 11.6 Å². The standard InChI is InChI=1S/C21H26O5/c1-18-7-5-13(23)9-12(18)3-4-15-14-6-8-20(25,16(24)11-22)19(14,2)10-17-21(15,18)26-17/h5,7,9,14-15,17,22,25H,3-4,6,8,10-11H2,1-2H3/t14-,15+,17?,18+,19+,20+,21-/m1/s1. The molecule has 0 aromatic carbocycles. The van der Waals surface area contributed by atoms with Crippen molar-refractivity contribution in [3.8, 4) is 0 Å². The van der Waals surface area contributed by atoms with E-state index in [0.717, 1.165) is 24.8 Å². The summed E-state index contributed by atoms with van der Waals surface area (Å²) in [6.07, 6.45) is 9.04. The van der Waals surface area contributed by atoms with E-state index in [4.69, 9.17) is 4.74 Å². The molecule has 140 valence electrons. The van der Waals surface area contributed by atoms with E-state index < -0.39 is 23.4 Å². The first-order valence-corrected chi connectivity index (χ1v) is 9.71. The van der Waals surface area contributed by atoms with Crippen molar-refractivity contribution in [1.29, 1.82) is 0 Å². The third-order valence-corrected chi connectivity index (χ3v) is 8.69. The zero-order chi connectivity index (χ0) is 18.5. The van der Waals surface area contributed by atoms with Crippen molar-refractivity contribution >= 4 is 11.6 Å². The predicted molar refractivity (Wildman–Crippen MR) is 93.2 cm³/mol. The number of carbonyl (C=O) groups is 2. The Hall–Kier alpha value is -1.30. The van der Waals surface area contributed by atoms with Gasteiger partial charge in [0.1, 0.15) is 17.8 Å². The molecule has 1 unspecified atom stereocenters. The number of ketones is 2. The van der Waals surface area contributed by atoms with E-state index in [9.17, 15) is 19.8 Å². The van der Waals surface area contributed by atoms with Crippen LogP contribution in [-0.4, -0.2) is 45.7 Å². The summed E-state index contributed by atoms with van der Waals surface area (Å²) >= 11 is 0. The van der Waals surface area contributed by atoms with Crippen LogP contribution in [0.1, 0.15) is 46.0 Å². The van der Waals surface area contributed by atoms with Crippen LogP contribution in [0.4, 0.5) is 0 Å². The van der Waals surface area contributed by atoms with Crippen LogP contribution in [-0.2, 0) is 14.3 Å². The quantitative estimate of drug-likeness (QED) is 0.734. The van der Waals surface area contributed by atoms with Crippen molar-refractivity contribution in [1.82, 2.24) is 0 Å². The maximum atomic E-state index is 12.4. The van der Waals surface area contributed by atoms with Crippen LogP contribution in [0.2, 0.25) is 0 Å². The molecule has 4 fully saturated rings. The Labute approximate surface area is 153 Å². The molecule has 5 nitrogen and oxygen atoms in total. The third-order valence-electron chi connectivity index (χ3n) is 8.69. The maximum Gasteiger partial charge on any atom is 0.190 e. The van der Waals surface area contributed by atoms with Crippen molar-refractivity contribution in [3.05, 3.63) is 23.8 Å². The Morgan fingerprint density at radius 2 is 2.08 bits per heavy atom. The summed E-state index contributed by atoms with van der Waals surface area (Å²) in [6, 6.07) is 0. The number of carbonyl (C=O) groups excluding carboxylic acids is 2. The molecule has 4 aliphatic carbocycles. The number of hydrogen-bond acceptors (Lipinski definition) is 5. The lowest BCUT2D eigenvalue weighted by atomic mass is 9.47. The summed E-state index contributed by atoms with van der Waals surface area (Å²) in [7, 11) is 0. The second-order valence-electron chi connectivity index (χ2n) is 9.36. The molecule has 1 saturated heterocycles. The highest BCUT2D eigenvalue weighted by Crippen LogP contribution is 2.75. The Kier molecular flexibility index (Phi) is 3.08. The number of aliphatic hydroxyl groups excluding tert-OH is 1. The number of hydrogen-bond donors (Lipinski definition) is 2. The Balaban J connectivity index is 1.58. The summed E-state index contributed by atoms with van der Waals surface area (Å²) in [6.45, 7) is 3.57. The lowest BCUT2D eigenvalue weighted by molar-refractivity contribution is -0.159.